The number of thioether (sulfide) groups is 1. The number of nitro groups is 1. The highest BCUT2D eigenvalue weighted by Gasteiger charge is 2.34. The molecule has 0 fully saturated rings. The molecule has 2 aromatic rings. The van der Waals surface area contributed by atoms with E-state index in [1.807, 2.05) is 0 Å². The normalized spacial score (nSPS) is 14.8. The Labute approximate surface area is 181 Å². The fraction of sp³-hybridized carbons (Fsp3) is 0.250. The molecule has 0 saturated heterocycles. The van der Waals surface area contributed by atoms with E-state index < -0.39 is 41.1 Å². The summed E-state index contributed by atoms with van der Waals surface area (Å²) in [6.45, 7) is -0.733. The van der Waals surface area contributed by atoms with Crippen LogP contribution in [0.2, 0.25) is 0 Å². The van der Waals surface area contributed by atoms with Gasteiger partial charge in [0.05, 0.1) is 17.2 Å². The predicted octanol–water partition coefficient (Wildman–Crippen LogP) is 2.01. The van der Waals surface area contributed by atoms with Gasteiger partial charge in [-0.3, -0.25) is 19.7 Å². The number of ether oxygens (including phenoxy) is 2. The summed E-state index contributed by atoms with van der Waals surface area (Å²) < 4.78 is 10.7. The van der Waals surface area contributed by atoms with Crippen LogP contribution in [0.25, 0.3) is 0 Å². The highest BCUT2D eigenvalue weighted by atomic mass is 32.2. The maximum atomic E-state index is 12.8. The van der Waals surface area contributed by atoms with Crippen molar-refractivity contribution in [2.24, 2.45) is 0 Å². The molecule has 0 spiro atoms. The second kappa shape index (κ2) is 9.47. The largest absolute Gasteiger partial charge is 0.477 e. The van der Waals surface area contributed by atoms with Crippen LogP contribution < -0.4 is 15.0 Å². The Morgan fingerprint density at radius 3 is 2.71 bits per heavy atom. The first-order chi connectivity index (χ1) is 14.8. The molecule has 0 aliphatic carbocycles. The van der Waals surface area contributed by atoms with Crippen molar-refractivity contribution in [1.82, 2.24) is 5.32 Å². The maximum Gasteiger partial charge on any atom is 0.345 e. The van der Waals surface area contributed by atoms with E-state index in [1.165, 1.54) is 41.9 Å². The van der Waals surface area contributed by atoms with Crippen LogP contribution in [-0.2, 0) is 14.3 Å². The van der Waals surface area contributed by atoms with Crippen molar-refractivity contribution in [3.05, 3.63) is 58.1 Å². The standard InChI is InChI=1S/C20H19N3O7S/c1-21-19(25)17-10-22(15-5-3-4-6-16(15)30-17)18(24)11-29-20(26)13-9-12(31-2)7-8-14(13)23(27)28/h3-9,17H,10-11H2,1-2H3,(H,21,25). The van der Waals surface area contributed by atoms with Crippen molar-refractivity contribution in [3.63, 3.8) is 0 Å². The molecule has 11 heteroatoms. The monoisotopic (exact) mass is 445 g/mol. The zero-order valence-electron chi connectivity index (χ0n) is 16.7. The van der Waals surface area contributed by atoms with E-state index in [9.17, 15) is 24.5 Å². The first-order valence-electron chi connectivity index (χ1n) is 9.13. The molecule has 2 amide bonds. The number of amides is 2. The van der Waals surface area contributed by atoms with Crippen molar-refractivity contribution in [3.8, 4) is 5.75 Å². The Morgan fingerprint density at radius 1 is 1.29 bits per heavy atom. The van der Waals surface area contributed by atoms with Crippen LogP contribution in [0.15, 0.2) is 47.4 Å². The first kappa shape index (κ1) is 22.1. The van der Waals surface area contributed by atoms with Crippen molar-refractivity contribution < 1.29 is 28.8 Å². The third-order valence-corrected chi connectivity index (χ3v) is 5.29. The van der Waals surface area contributed by atoms with E-state index in [2.05, 4.69) is 5.32 Å². The fourth-order valence-corrected chi connectivity index (χ4v) is 3.46. The van der Waals surface area contributed by atoms with Gasteiger partial charge in [0, 0.05) is 18.0 Å². The van der Waals surface area contributed by atoms with Crippen LogP contribution in [0.3, 0.4) is 0 Å². The summed E-state index contributed by atoms with van der Waals surface area (Å²) in [6, 6.07) is 10.7. The lowest BCUT2D eigenvalue weighted by Gasteiger charge is -2.33. The van der Waals surface area contributed by atoms with Crippen LogP contribution in [0.4, 0.5) is 11.4 Å². The van der Waals surface area contributed by atoms with Gasteiger partial charge in [-0.2, -0.15) is 0 Å². The molecule has 1 atom stereocenters. The summed E-state index contributed by atoms with van der Waals surface area (Å²) in [6.07, 6.45) is 0.831. The van der Waals surface area contributed by atoms with Crippen LogP contribution in [0, 0.1) is 10.1 Å². The molecule has 31 heavy (non-hydrogen) atoms. The molecule has 0 radical (unpaired) electrons. The molecule has 2 aromatic carbocycles. The van der Waals surface area contributed by atoms with Crippen molar-refractivity contribution in [2.45, 2.75) is 11.0 Å². The number of carbonyl (C=O) groups is 3. The minimum absolute atomic E-state index is 0.0742. The lowest BCUT2D eigenvalue weighted by molar-refractivity contribution is -0.385. The molecule has 1 aliphatic rings. The highest BCUT2D eigenvalue weighted by Crippen LogP contribution is 2.33. The summed E-state index contributed by atoms with van der Waals surface area (Å²) in [5.74, 6) is -1.65. The number of hydrogen-bond acceptors (Lipinski definition) is 8. The molecule has 1 unspecified atom stereocenters. The summed E-state index contributed by atoms with van der Waals surface area (Å²) >= 11 is 1.31. The number of nitrogens with zero attached hydrogens (tertiary/aromatic N) is 2. The molecule has 1 N–H and O–H groups in total. The number of para-hydroxylation sites is 2. The second-order valence-electron chi connectivity index (χ2n) is 6.41. The Bertz CT molecular complexity index is 1040. The molecule has 1 aliphatic heterocycles. The molecule has 162 valence electrons. The fourth-order valence-electron chi connectivity index (χ4n) is 3.02. The van der Waals surface area contributed by atoms with Crippen molar-refractivity contribution >= 4 is 40.9 Å². The van der Waals surface area contributed by atoms with Gasteiger partial charge in [-0.1, -0.05) is 12.1 Å². The van der Waals surface area contributed by atoms with Gasteiger partial charge in [-0.05, 0) is 30.5 Å². The van der Waals surface area contributed by atoms with Gasteiger partial charge in [0.2, 0.25) is 0 Å². The minimum atomic E-state index is -0.986. The van der Waals surface area contributed by atoms with Gasteiger partial charge >= 0.3 is 5.97 Å². The predicted molar refractivity (Wildman–Crippen MR) is 112 cm³/mol. The Hall–Kier alpha value is -3.60. The Balaban J connectivity index is 1.78. The topological polar surface area (TPSA) is 128 Å². The molecular formula is C20H19N3O7S. The highest BCUT2D eigenvalue weighted by molar-refractivity contribution is 7.98. The number of carbonyl (C=O) groups excluding carboxylic acids is 3. The molecule has 1 heterocycles. The summed E-state index contributed by atoms with van der Waals surface area (Å²) in [5, 5.41) is 13.7. The van der Waals surface area contributed by atoms with E-state index in [-0.39, 0.29) is 12.1 Å². The number of nitrogens with one attached hydrogen (secondary N) is 1. The second-order valence-corrected chi connectivity index (χ2v) is 7.29. The molecule has 3 rings (SSSR count). The first-order valence-corrected chi connectivity index (χ1v) is 10.4. The van der Waals surface area contributed by atoms with E-state index in [0.717, 1.165) is 0 Å². The number of likely N-dealkylation sites (N-methyl/N-ethyl adjacent to an activating group) is 1. The number of rotatable bonds is 6. The lowest BCUT2D eigenvalue weighted by atomic mass is 10.1. The average molecular weight is 445 g/mol. The van der Waals surface area contributed by atoms with Crippen LogP contribution in [0.1, 0.15) is 10.4 Å². The Morgan fingerprint density at radius 2 is 2.03 bits per heavy atom. The van der Waals surface area contributed by atoms with Crippen molar-refractivity contribution in [2.75, 3.05) is 31.4 Å². The van der Waals surface area contributed by atoms with E-state index >= 15 is 0 Å². The van der Waals surface area contributed by atoms with Gasteiger partial charge in [-0.25, -0.2) is 4.79 Å². The quantitative estimate of drug-likeness (QED) is 0.310. The Kier molecular flexibility index (Phi) is 6.75. The van der Waals surface area contributed by atoms with Gasteiger partial charge < -0.3 is 19.7 Å². The number of benzene rings is 2. The molecular weight excluding hydrogens is 426 g/mol. The van der Waals surface area contributed by atoms with Crippen molar-refractivity contribution in [1.29, 1.82) is 0 Å². The number of hydrogen-bond donors (Lipinski definition) is 1. The van der Waals surface area contributed by atoms with Crippen LogP contribution >= 0.6 is 11.8 Å². The van der Waals surface area contributed by atoms with E-state index in [1.54, 1.807) is 30.5 Å². The summed E-state index contributed by atoms with van der Waals surface area (Å²) in [4.78, 5) is 49.8. The van der Waals surface area contributed by atoms with Crippen LogP contribution in [0.5, 0.6) is 5.75 Å². The molecule has 0 bridgehead atoms. The SMILES string of the molecule is CNC(=O)C1CN(C(=O)COC(=O)c2cc(SC)ccc2[N+](=O)[O-])c2ccccc2O1. The van der Waals surface area contributed by atoms with Gasteiger partial charge in [-0.15, -0.1) is 11.8 Å². The number of fused-ring (bicyclic) bond motifs is 1. The maximum absolute atomic E-state index is 12.8. The number of esters is 1. The summed E-state index contributed by atoms with van der Waals surface area (Å²) in [5.41, 5.74) is -0.221. The third kappa shape index (κ3) is 4.77. The summed E-state index contributed by atoms with van der Waals surface area (Å²) in [7, 11) is 1.45. The molecule has 10 nitrogen and oxygen atoms in total. The zero-order valence-corrected chi connectivity index (χ0v) is 17.5. The van der Waals surface area contributed by atoms with E-state index in [0.29, 0.717) is 16.3 Å². The van der Waals surface area contributed by atoms with Gasteiger partial charge in [0.15, 0.2) is 12.7 Å². The zero-order chi connectivity index (χ0) is 22.5. The third-order valence-electron chi connectivity index (χ3n) is 4.56. The molecule has 0 aromatic heterocycles. The van der Waals surface area contributed by atoms with Crippen LogP contribution in [-0.4, -0.2) is 55.3 Å². The number of nitro benzene ring substituents is 1. The lowest BCUT2D eigenvalue weighted by Crippen LogP contribution is -2.51. The molecule has 0 saturated carbocycles. The smallest absolute Gasteiger partial charge is 0.345 e. The minimum Gasteiger partial charge on any atom is -0.477 e. The number of anilines is 1. The van der Waals surface area contributed by atoms with Gasteiger partial charge in [0.1, 0.15) is 11.3 Å². The van der Waals surface area contributed by atoms with Gasteiger partial charge in [0.25, 0.3) is 17.5 Å². The average Bonchev–Trinajstić information content (AvgIpc) is 2.80. The van der Waals surface area contributed by atoms with E-state index in [4.69, 9.17) is 9.47 Å².